The van der Waals surface area contributed by atoms with E-state index >= 15 is 0 Å². The van der Waals surface area contributed by atoms with Gasteiger partial charge in [-0.05, 0) is 43.7 Å². The number of hydrogen-bond donors (Lipinski definition) is 1. The van der Waals surface area contributed by atoms with E-state index in [2.05, 4.69) is 5.32 Å². The van der Waals surface area contributed by atoms with Crippen molar-refractivity contribution in [2.45, 2.75) is 13.8 Å². The van der Waals surface area contributed by atoms with Gasteiger partial charge in [0.15, 0.2) is 0 Å². The van der Waals surface area contributed by atoms with Crippen LogP contribution >= 0.6 is 0 Å². The fraction of sp³-hybridized carbons (Fsp3) is 0.130. The van der Waals surface area contributed by atoms with Crippen molar-refractivity contribution >= 4 is 17.2 Å². The Morgan fingerprint density at radius 2 is 1.86 bits per heavy atom. The summed E-state index contributed by atoms with van der Waals surface area (Å²) in [5, 5.41) is 3.01. The second-order valence-corrected chi connectivity index (χ2v) is 6.48. The molecular formula is C23H21N3O2. The number of fused-ring (bicyclic) bond motifs is 1. The number of carbonyl (C=O) groups excluding carboxylic acids is 1. The maximum absolute atomic E-state index is 12.9. The van der Waals surface area contributed by atoms with Gasteiger partial charge in [0.25, 0.3) is 5.91 Å². The molecule has 1 amide bonds. The number of aromatic nitrogens is 2. The quantitative estimate of drug-likeness (QED) is 0.539. The molecule has 5 nitrogen and oxygen atoms in total. The van der Waals surface area contributed by atoms with Crippen molar-refractivity contribution in [2.24, 2.45) is 0 Å². The third-order valence-electron chi connectivity index (χ3n) is 4.56. The first-order chi connectivity index (χ1) is 13.7. The molecule has 0 aliphatic rings. The number of carbonyl (C=O) groups is 1. The summed E-state index contributed by atoms with van der Waals surface area (Å²) >= 11 is 0. The number of rotatable bonds is 5. The van der Waals surface area contributed by atoms with Crippen LogP contribution < -0.4 is 10.1 Å². The smallest absolute Gasteiger partial charge is 0.259 e. The van der Waals surface area contributed by atoms with Gasteiger partial charge >= 0.3 is 0 Å². The summed E-state index contributed by atoms with van der Waals surface area (Å²) in [6.07, 6.45) is 3.94. The second kappa shape index (κ2) is 7.56. The Labute approximate surface area is 163 Å². The molecular weight excluding hydrogens is 350 g/mol. The number of aryl methyl sites for hydroxylation is 1. The highest BCUT2D eigenvalue weighted by molar-refractivity contribution is 6.07. The van der Waals surface area contributed by atoms with Crippen LogP contribution in [0.1, 0.15) is 22.8 Å². The highest BCUT2D eigenvalue weighted by Crippen LogP contribution is 2.29. The van der Waals surface area contributed by atoms with E-state index in [0.717, 1.165) is 22.5 Å². The van der Waals surface area contributed by atoms with Crippen molar-refractivity contribution in [1.29, 1.82) is 0 Å². The molecule has 1 N–H and O–H groups in total. The minimum Gasteiger partial charge on any atom is -0.493 e. The number of pyridine rings is 1. The fourth-order valence-corrected chi connectivity index (χ4v) is 3.22. The van der Waals surface area contributed by atoms with Crippen LogP contribution in [0, 0.1) is 6.92 Å². The molecule has 0 bridgehead atoms. The predicted molar refractivity (Wildman–Crippen MR) is 111 cm³/mol. The summed E-state index contributed by atoms with van der Waals surface area (Å²) < 4.78 is 7.58. The summed E-state index contributed by atoms with van der Waals surface area (Å²) in [5.41, 5.74) is 4.89. The molecule has 0 unspecified atom stereocenters. The van der Waals surface area contributed by atoms with Crippen molar-refractivity contribution in [3.63, 3.8) is 0 Å². The summed E-state index contributed by atoms with van der Waals surface area (Å²) in [7, 11) is 0. The van der Waals surface area contributed by atoms with E-state index in [1.54, 1.807) is 12.1 Å². The third kappa shape index (κ3) is 3.34. The largest absolute Gasteiger partial charge is 0.493 e. The third-order valence-corrected chi connectivity index (χ3v) is 4.56. The van der Waals surface area contributed by atoms with Crippen molar-refractivity contribution in [1.82, 2.24) is 9.38 Å². The predicted octanol–water partition coefficient (Wildman–Crippen LogP) is 4.96. The molecule has 0 radical (unpaired) electrons. The molecule has 0 aliphatic heterocycles. The second-order valence-electron chi connectivity index (χ2n) is 6.48. The first-order valence-corrected chi connectivity index (χ1v) is 9.24. The number of nitrogens with one attached hydrogen (secondary N) is 1. The molecule has 0 atom stereocenters. The zero-order valence-corrected chi connectivity index (χ0v) is 15.8. The van der Waals surface area contributed by atoms with Crippen LogP contribution in [0.4, 0.5) is 5.69 Å². The van der Waals surface area contributed by atoms with E-state index in [-0.39, 0.29) is 5.91 Å². The van der Waals surface area contributed by atoms with E-state index in [0.29, 0.717) is 23.6 Å². The van der Waals surface area contributed by atoms with Gasteiger partial charge in [-0.25, -0.2) is 4.98 Å². The van der Waals surface area contributed by atoms with Crippen molar-refractivity contribution < 1.29 is 9.53 Å². The van der Waals surface area contributed by atoms with Crippen molar-refractivity contribution in [3.05, 3.63) is 84.2 Å². The van der Waals surface area contributed by atoms with Crippen LogP contribution in [-0.2, 0) is 0 Å². The molecule has 5 heteroatoms. The van der Waals surface area contributed by atoms with Crippen molar-refractivity contribution in [2.75, 3.05) is 11.9 Å². The lowest BCUT2D eigenvalue weighted by Gasteiger charge is -2.12. The highest BCUT2D eigenvalue weighted by Gasteiger charge is 2.16. The Balaban J connectivity index is 1.70. The van der Waals surface area contributed by atoms with Crippen LogP contribution in [-0.4, -0.2) is 21.9 Å². The van der Waals surface area contributed by atoms with E-state index in [1.807, 2.05) is 79.2 Å². The Kier molecular flexibility index (Phi) is 4.81. The van der Waals surface area contributed by atoms with Gasteiger partial charge in [0.2, 0.25) is 0 Å². The molecule has 2 heterocycles. The van der Waals surface area contributed by atoms with Crippen LogP contribution in [0.25, 0.3) is 16.9 Å². The average molecular weight is 371 g/mol. The number of hydrogen-bond acceptors (Lipinski definition) is 3. The molecule has 4 aromatic rings. The Morgan fingerprint density at radius 3 is 2.68 bits per heavy atom. The highest BCUT2D eigenvalue weighted by atomic mass is 16.5. The number of ether oxygens (including phenoxy) is 1. The Hall–Kier alpha value is -3.60. The topological polar surface area (TPSA) is 55.6 Å². The van der Waals surface area contributed by atoms with Gasteiger partial charge in [-0.3, -0.25) is 4.79 Å². The Bertz CT molecular complexity index is 1150. The lowest BCUT2D eigenvalue weighted by Crippen LogP contribution is -2.14. The number of anilines is 1. The fourth-order valence-electron chi connectivity index (χ4n) is 3.22. The first-order valence-electron chi connectivity index (χ1n) is 9.24. The molecule has 4 rings (SSSR count). The number of para-hydroxylation sites is 2. The standard InChI is InChI=1S/C23H21N3O2/c1-3-28-21-13-7-5-11-18(21)23(27)25-19-12-6-4-10-17(19)20-15-26-14-8-9-16(2)22(26)24-20/h4-15H,3H2,1-2H3,(H,25,27). The van der Waals surface area contributed by atoms with Crippen LogP contribution in [0.5, 0.6) is 5.75 Å². The molecule has 28 heavy (non-hydrogen) atoms. The minimum absolute atomic E-state index is 0.212. The van der Waals surface area contributed by atoms with Gasteiger partial charge in [-0.15, -0.1) is 0 Å². The van der Waals surface area contributed by atoms with Gasteiger partial charge in [0, 0.05) is 18.0 Å². The molecule has 140 valence electrons. The van der Waals surface area contributed by atoms with Gasteiger partial charge in [0.05, 0.1) is 23.6 Å². The van der Waals surface area contributed by atoms with E-state index in [1.165, 1.54) is 0 Å². The van der Waals surface area contributed by atoms with Crippen LogP contribution in [0.2, 0.25) is 0 Å². The first kappa shape index (κ1) is 17.8. The van der Waals surface area contributed by atoms with Crippen molar-refractivity contribution in [3.8, 4) is 17.0 Å². The Morgan fingerprint density at radius 1 is 1.07 bits per heavy atom. The molecule has 0 saturated carbocycles. The van der Waals surface area contributed by atoms with Gasteiger partial charge in [-0.1, -0.05) is 36.4 Å². The molecule has 0 fully saturated rings. The average Bonchev–Trinajstić information content (AvgIpc) is 3.14. The summed E-state index contributed by atoms with van der Waals surface area (Å²) in [5.74, 6) is 0.361. The normalized spacial score (nSPS) is 10.8. The van der Waals surface area contributed by atoms with Gasteiger partial charge in [0.1, 0.15) is 11.4 Å². The van der Waals surface area contributed by atoms with Crippen LogP contribution in [0.15, 0.2) is 73.1 Å². The summed E-state index contributed by atoms with van der Waals surface area (Å²) in [6.45, 7) is 4.43. The summed E-state index contributed by atoms with van der Waals surface area (Å²) in [4.78, 5) is 17.7. The number of imidazole rings is 1. The molecule has 2 aromatic heterocycles. The zero-order chi connectivity index (χ0) is 19.5. The lowest BCUT2D eigenvalue weighted by atomic mass is 10.1. The maximum Gasteiger partial charge on any atom is 0.259 e. The van der Waals surface area contributed by atoms with Crippen LogP contribution in [0.3, 0.4) is 0 Å². The SMILES string of the molecule is CCOc1ccccc1C(=O)Nc1ccccc1-c1cn2cccc(C)c2n1. The number of benzene rings is 2. The molecule has 0 saturated heterocycles. The monoisotopic (exact) mass is 371 g/mol. The number of amides is 1. The zero-order valence-electron chi connectivity index (χ0n) is 15.8. The maximum atomic E-state index is 12.9. The van der Waals surface area contributed by atoms with Gasteiger partial charge < -0.3 is 14.5 Å². The van der Waals surface area contributed by atoms with E-state index in [9.17, 15) is 4.79 Å². The summed E-state index contributed by atoms with van der Waals surface area (Å²) in [6, 6.07) is 18.9. The lowest BCUT2D eigenvalue weighted by molar-refractivity contribution is 0.102. The molecule has 0 spiro atoms. The molecule has 2 aromatic carbocycles. The number of nitrogens with zero attached hydrogens (tertiary/aromatic N) is 2. The van der Waals surface area contributed by atoms with E-state index in [4.69, 9.17) is 9.72 Å². The van der Waals surface area contributed by atoms with E-state index < -0.39 is 0 Å². The molecule has 0 aliphatic carbocycles. The van der Waals surface area contributed by atoms with Gasteiger partial charge in [-0.2, -0.15) is 0 Å². The minimum atomic E-state index is -0.212.